The topological polar surface area (TPSA) is 76.8 Å². The van der Waals surface area contributed by atoms with Crippen LogP contribution in [0.1, 0.15) is 12.0 Å². The molecular weight excluding hydrogens is 327 g/mol. The number of aliphatic hydroxyl groups is 1. The third-order valence-corrected chi connectivity index (χ3v) is 3.47. The van der Waals surface area contributed by atoms with Crippen LogP contribution >= 0.6 is 0 Å². The second kappa shape index (κ2) is 5.75. The summed E-state index contributed by atoms with van der Waals surface area (Å²) in [5.41, 5.74) is 1.07. The zero-order valence-corrected chi connectivity index (χ0v) is 12.4. The van der Waals surface area contributed by atoms with E-state index in [1.165, 1.54) is 13.3 Å². The summed E-state index contributed by atoms with van der Waals surface area (Å²) in [4.78, 5) is 12.5. The van der Waals surface area contributed by atoms with E-state index >= 15 is 0 Å². The van der Waals surface area contributed by atoms with E-state index in [1.54, 1.807) is 30.3 Å². The maximum Gasteiger partial charge on any atom is 0.458 e. The molecule has 0 aliphatic carbocycles. The Morgan fingerprint density at radius 3 is 2.42 bits per heavy atom. The SMILES string of the molecule is COc1ccnc(-c2ccc(C3=NOC(O)(C(F)(F)F)C3)cc2)n1. The molecule has 1 aliphatic heterocycles. The normalized spacial score (nSPS) is 20.5. The van der Waals surface area contributed by atoms with Crippen molar-refractivity contribution in [1.29, 1.82) is 0 Å². The number of rotatable bonds is 3. The van der Waals surface area contributed by atoms with Gasteiger partial charge in [0.1, 0.15) is 0 Å². The summed E-state index contributed by atoms with van der Waals surface area (Å²) in [6.45, 7) is 0. The quantitative estimate of drug-likeness (QED) is 0.930. The fraction of sp³-hybridized carbons (Fsp3) is 0.267. The van der Waals surface area contributed by atoms with Crippen LogP contribution < -0.4 is 4.74 Å². The molecule has 2 heterocycles. The van der Waals surface area contributed by atoms with Crippen molar-refractivity contribution in [2.24, 2.45) is 5.16 Å². The molecule has 1 aromatic heterocycles. The van der Waals surface area contributed by atoms with Crippen LogP contribution in [-0.4, -0.2) is 39.9 Å². The summed E-state index contributed by atoms with van der Waals surface area (Å²) in [7, 11) is 1.48. The van der Waals surface area contributed by atoms with Gasteiger partial charge < -0.3 is 14.7 Å². The van der Waals surface area contributed by atoms with Gasteiger partial charge >= 0.3 is 12.0 Å². The number of hydrogen-bond donors (Lipinski definition) is 1. The second-order valence-corrected chi connectivity index (χ2v) is 5.09. The fourth-order valence-corrected chi connectivity index (χ4v) is 2.14. The highest BCUT2D eigenvalue weighted by molar-refractivity contribution is 6.01. The van der Waals surface area contributed by atoms with Crippen LogP contribution in [0.5, 0.6) is 5.88 Å². The average molecular weight is 339 g/mol. The number of methoxy groups -OCH3 is 1. The molecule has 24 heavy (non-hydrogen) atoms. The molecule has 0 saturated heterocycles. The number of benzene rings is 1. The number of nitrogens with zero attached hydrogens (tertiary/aromatic N) is 3. The Morgan fingerprint density at radius 2 is 1.83 bits per heavy atom. The van der Waals surface area contributed by atoms with Crippen molar-refractivity contribution in [2.45, 2.75) is 18.4 Å². The zero-order chi connectivity index (χ0) is 17.4. The Hall–Kier alpha value is -2.68. The lowest BCUT2D eigenvalue weighted by atomic mass is 10.0. The maximum atomic E-state index is 12.7. The lowest BCUT2D eigenvalue weighted by Gasteiger charge is -2.22. The molecule has 1 aromatic carbocycles. The Bertz CT molecular complexity index is 778. The highest BCUT2D eigenvalue weighted by Gasteiger charge is 2.60. The summed E-state index contributed by atoms with van der Waals surface area (Å²) in [6, 6.07) is 7.99. The number of ether oxygens (including phenoxy) is 1. The minimum absolute atomic E-state index is 0.00735. The molecule has 0 radical (unpaired) electrons. The third kappa shape index (κ3) is 2.90. The number of oxime groups is 1. The van der Waals surface area contributed by atoms with E-state index in [9.17, 15) is 18.3 Å². The Balaban J connectivity index is 1.81. The van der Waals surface area contributed by atoms with E-state index in [1.807, 2.05) is 0 Å². The molecule has 0 amide bonds. The van der Waals surface area contributed by atoms with E-state index in [-0.39, 0.29) is 5.71 Å². The van der Waals surface area contributed by atoms with Crippen molar-refractivity contribution >= 4 is 5.71 Å². The molecule has 126 valence electrons. The maximum absolute atomic E-state index is 12.7. The summed E-state index contributed by atoms with van der Waals surface area (Å²) in [5.74, 6) is -2.47. The third-order valence-electron chi connectivity index (χ3n) is 3.47. The van der Waals surface area contributed by atoms with Gasteiger partial charge in [0, 0.05) is 17.8 Å². The highest BCUT2D eigenvalue weighted by Crippen LogP contribution is 2.39. The molecular formula is C15H12F3N3O3. The predicted octanol–water partition coefficient (Wildman–Crippen LogP) is 2.53. The Labute approximate surface area is 134 Å². The van der Waals surface area contributed by atoms with Crippen molar-refractivity contribution in [3.63, 3.8) is 0 Å². The molecule has 2 aromatic rings. The summed E-state index contributed by atoms with van der Waals surface area (Å²) in [5, 5.41) is 12.8. The fourth-order valence-electron chi connectivity index (χ4n) is 2.14. The van der Waals surface area contributed by atoms with Crippen LogP contribution in [0.25, 0.3) is 11.4 Å². The van der Waals surface area contributed by atoms with Gasteiger partial charge in [0.2, 0.25) is 5.88 Å². The van der Waals surface area contributed by atoms with Crippen molar-refractivity contribution in [3.05, 3.63) is 42.1 Å². The van der Waals surface area contributed by atoms with Gasteiger partial charge in [-0.3, -0.25) is 0 Å². The Morgan fingerprint density at radius 1 is 1.17 bits per heavy atom. The van der Waals surface area contributed by atoms with Gasteiger partial charge in [-0.05, 0) is 5.56 Å². The van der Waals surface area contributed by atoms with Gasteiger partial charge in [0.15, 0.2) is 5.82 Å². The second-order valence-electron chi connectivity index (χ2n) is 5.09. The molecule has 1 atom stereocenters. The van der Waals surface area contributed by atoms with E-state index in [4.69, 9.17) is 4.74 Å². The molecule has 3 rings (SSSR count). The summed E-state index contributed by atoms with van der Waals surface area (Å²) >= 11 is 0. The number of aromatic nitrogens is 2. The van der Waals surface area contributed by atoms with E-state index < -0.39 is 18.4 Å². The molecule has 0 bridgehead atoms. The van der Waals surface area contributed by atoms with Crippen molar-refractivity contribution < 1.29 is 27.9 Å². The standard InChI is InChI=1S/C15H12F3N3O3/c1-23-12-6-7-19-13(20-12)10-4-2-9(3-5-10)11-8-14(22,24-21-11)15(16,17)18/h2-7,22H,8H2,1H3. The van der Waals surface area contributed by atoms with E-state index in [0.29, 0.717) is 22.8 Å². The molecule has 1 unspecified atom stereocenters. The van der Waals surface area contributed by atoms with Crippen LogP contribution in [0.15, 0.2) is 41.7 Å². The van der Waals surface area contributed by atoms with Gasteiger partial charge in [0.05, 0.1) is 19.2 Å². The monoisotopic (exact) mass is 339 g/mol. The smallest absolute Gasteiger partial charge is 0.458 e. The van der Waals surface area contributed by atoms with Crippen LogP contribution in [0, 0.1) is 0 Å². The van der Waals surface area contributed by atoms with Gasteiger partial charge in [-0.1, -0.05) is 29.4 Å². The molecule has 0 spiro atoms. The molecule has 1 N–H and O–H groups in total. The molecule has 6 nitrogen and oxygen atoms in total. The first kappa shape index (κ1) is 16.2. The predicted molar refractivity (Wildman–Crippen MR) is 77.3 cm³/mol. The summed E-state index contributed by atoms with van der Waals surface area (Å²) in [6.07, 6.45) is -4.16. The van der Waals surface area contributed by atoms with Crippen molar-refractivity contribution in [2.75, 3.05) is 7.11 Å². The van der Waals surface area contributed by atoms with E-state index in [2.05, 4.69) is 20.0 Å². The lowest BCUT2D eigenvalue weighted by molar-refractivity contribution is -0.355. The van der Waals surface area contributed by atoms with Gasteiger partial charge in [-0.15, -0.1) is 0 Å². The number of halogens is 3. The number of alkyl halides is 3. The summed E-state index contributed by atoms with van der Waals surface area (Å²) < 4.78 is 43.2. The minimum Gasteiger partial charge on any atom is -0.481 e. The molecule has 0 fully saturated rings. The average Bonchev–Trinajstić information content (AvgIpc) is 2.99. The number of hydrogen-bond acceptors (Lipinski definition) is 6. The van der Waals surface area contributed by atoms with Gasteiger partial charge in [-0.25, -0.2) is 4.98 Å². The molecule has 0 saturated carbocycles. The molecule has 1 aliphatic rings. The first-order valence-corrected chi connectivity index (χ1v) is 6.84. The van der Waals surface area contributed by atoms with Crippen molar-refractivity contribution in [1.82, 2.24) is 9.97 Å². The van der Waals surface area contributed by atoms with Crippen molar-refractivity contribution in [3.8, 4) is 17.3 Å². The van der Waals surface area contributed by atoms with Crippen LogP contribution in [0.3, 0.4) is 0 Å². The largest absolute Gasteiger partial charge is 0.481 e. The Kier molecular flexibility index (Phi) is 3.88. The minimum atomic E-state index is -4.92. The van der Waals surface area contributed by atoms with Gasteiger partial charge in [0.25, 0.3) is 0 Å². The van der Waals surface area contributed by atoms with Crippen LogP contribution in [0.2, 0.25) is 0 Å². The lowest BCUT2D eigenvalue weighted by Crippen LogP contribution is -2.45. The molecule has 9 heteroatoms. The first-order chi connectivity index (χ1) is 11.3. The highest BCUT2D eigenvalue weighted by atomic mass is 19.4. The first-order valence-electron chi connectivity index (χ1n) is 6.84. The van der Waals surface area contributed by atoms with Gasteiger partial charge in [-0.2, -0.15) is 18.2 Å². The van der Waals surface area contributed by atoms with Crippen LogP contribution in [0.4, 0.5) is 13.2 Å². The van der Waals surface area contributed by atoms with Crippen LogP contribution in [-0.2, 0) is 4.84 Å². The zero-order valence-electron chi connectivity index (χ0n) is 12.4. The van der Waals surface area contributed by atoms with E-state index in [0.717, 1.165) is 0 Å².